The summed E-state index contributed by atoms with van der Waals surface area (Å²) in [5.41, 5.74) is 5.92. The lowest BCUT2D eigenvalue weighted by Crippen LogP contribution is -2.45. The zero-order valence-corrected chi connectivity index (χ0v) is 9.75. The Bertz CT molecular complexity index is 165. The molecular weight excluding hydrogens is 176 g/mol. The molecule has 1 aliphatic heterocycles. The van der Waals surface area contributed by atoms with E-state index >= 15 is 0 Å². The van der Waals surface area contributed by atoms with Gasteiger partial charge in [-0.25, -0.2) is 0 Å². The molecule has 3 heteroatoms. The summed E-state index contributed by atoms with van der Waals surface area (Å²) in [6.45, 7) is 10.5. The Morgan fingerprint density at radius 1 is 1.50 bits per heavy atom. The standard InChI is InChI=1S/C11H24N2O/c1-4-10-9-13(7-8-14-10)6-5-11(2,3)12/h10H,4-9,12H2,1-3H3. The minimum Gasteiger partial charge on any atom is -0.376 e. The van der Waals surface area contributed by atoms with Gasteiger partial charge in [0.15, 0.2) is 0 Å². The summed E-state index contributed by atoms with van der Waals surface area (Å²) in [4.78, 5) is 2.46. The van der Waals surface area contributed by atoms with Gasteiger partial charge in [0.1, 0.15) is 0 Å². The molecule has 1 rings (SSSR count). The SMILES string of the molecule is CCC1CN(CCC(C)(C)N)CCO1. The first kappa shape index (κ1) is 12.0. The lowest BCUT2D eigenvalue weighted by molar-refractivity contribution is -0.0310. The van der Waals surface area contributed by atoms with Crippen molar-refractivity contribution in [2.75, 3.05) is 26.2 Å². The minimum absolute atomic E-state index is 0.0417. The highest BCUT2D eigenvalue weighted by Gasteiger charge is 2.20. The van der Waals surface area contributed by atoms with Crippen molar-refractivity contribution in [3.63, 3.8) is 0 Å². The van der Waals surface area contributed by atoms with Crippen LogP contribution >= 0.6 is 0 Å². The molecule has 14 heavy (non-hydrogen) atoms. The Labute approximate surface area is 87.6 Å². The van der Waals surface area contributed by atoms with Gasteiger partial charge >= 0.3 is 0 Å². The highest BCUT2D eigenvalue weighted by Crippen LogP contribution is 2.11. The van der Waals surface area contributed by atoms with Crippen LogP contribution in [0.3, 0.4) is 0 Å². The maximum absolute atomic E-state index is 5.96. The van der Waals surface area contributed by atoms with Gasteiger partial charge in [-0.2, -0.15) is 0 Å². The molecule has 0 saturated carbocycles. The molecule has 1 heterocycles. The molecule has 0 spiro atoms. The van der Waals surface area contributed by atoms with Crippen molar-refractivity contribution in [1.29, 1.82) is 0 Å². The van der Waals surface area contributed by atoms with Crippen molar-refractivity contribution < 1.29 is 4.74 Å². The molecule has 0 bridgehead atoms. The number of morpholine rings is 1. The first-order valence-electron chi connectivity index (χ1n) is 5.64. The van der Waals surface area contributed by atoms with Crippen LogP contribution in [0, 0.1) is 0 Å². The summed E-state index contributed by atoms with van der Waals surface area (Å²) in [6, 6.07) is 0. The molecule has 84 valence electrons. The van der Waals surface area contributed by atoms with E-state index in [1.165, 1.54) is 0 Å². The smallest absolute Gasteiger partial charge is 0.0700 e. The van der Waals surface area contributed by atoms with Gasteiger partial charge in [0, 0.05) is 25.2 Å². The number of ether oxygens (including phenoxy) is 1. The molecule has 0 aromatic rings. The van der Waals surface area contributed by atoms with E-state index in [0.29, 0.717) is 6.10 Å². The van der Waals surface area contributed by atoms with Crippen molar-refractivity contribution in [3.05, 3.63) is 0 Å². The monoisotopic (exact) mass is 200 g/mol. The fourth-order valence-corrected chi connectivity index (χ4v) is 1.68. The second-order valence-corrected chi connectivity index (χ2v) is 4.94. The predicted octanol–water partition coefficient (Wildman–Crippen LogP) is 1.22. The first-order chi connectivity index (χ1) is 6.51. The molecule has 1 saturated heterocycles. The molecule has 0 radical (unpaired) electrons. The third-order valence-electron chi connectivity index (χ3n) is 2.75. The predicted molar refractivity (Wildman–Crippen MR) is 59.4 cm³/mol. The van der Waals surface area contributed by atoms with Gasteiger partial charge in [-0.3, -0.25) is 4.90 Å². The number of rotatable bonds is 4. The Kier molecular flexibility index (Phi) is 4.35. The Morgan fingerprint density at radius 2 is 2.21 bits per heavy atom. The van der Waals surface area contributed by atoms with Crippen LogP contribution in [0.4, 0.5) is 0 Å². The van der Waals surface area contributed by atoms with Crippen molar-refractivity contribution >= 4 is 0 Å². The van der Waals surface area contributed by atoms with Crippen LogP contribution < -0.4 is 5.73 Å². The van der Waals surface area contributed by atoms with Gasteiger partial charge in [-0.1, -0.05) is 6.92 Å². The van der Waals surface area contributed by atoms with Crippen LogP contribution in [-0.2, 0) is 4.74 Å². The molecule has 3 nitrogen and oxygen atoms in total. The lowest BCUT2D eigenvalue weighted by atomic mass is 10.0. The van der Waals surface area contributed by atoms with E-state index in [4.69, 9.17) is 10.5 Å². The van der Waals surface area contributed by atoms with Crippen LogP contribution in [0.5, 0.6) is 0 Å². The van der Waals surface area contributed by atoms with Crippen LogP contribution in [0.2, 0.25) is 0 Å². The molecule has 0 aliphatic carbocycles. The van der Waals surface area contributed by atoms with Gasteiger partial charge in [0.05, 0.1) is 12.7 Å². The second-order valence-electron chi connectivity index (χ2n) is 4.94. The molecule has 0 aromatic heterocycles. The van der Waals surface area contributed by atoms with Crippen molar-refractivity contribution in [1.82, 2.24) is 4.90 Å². The number of hydrogen-bond donors (Lipinski definition) is 1. The third-order valence-corrected chi connectivity index (χ3v) is 2.75. The molecule has 1 atom stereocenters. The molecule has 2 N–H and O–H groups in total. The molecule has 1 unspecified atom stereocenters. The summed E-state index contributed by atoms with van der Waals surface area (Å²) in [5, 5.41) is 0. The maximum Gasteiger partial charge on any atom is 0.0700 e. The zero-order valence-electron chi connectivity index (χ0n) is 9.75. The number of nitrogens with zero attached hydrogens (tertiary/aromatic N) is 1. The highest BCUT2D eigenvalue weighted by molar-refractivity contribution is 4.76. The molecular formula is C11H24N2O. The van der Waals surface area contributed by atoms with Gasteiger partial charge in [-0.05, 0) is 26.7 Å². The molecule has 1 aliphatic rings. The maximum atomic E-state index is 5.96. The largest absolute Gasteiger partial charge is 0.376 e. The fourth-order valence-electron chi connectivity index (χ4n) is 1.68. The van der Waals surface area contributed by atoms with Crippen LogP contribution in [-0.4, -0.2) is 42.8 Å². The second kappa shape index (κ2) is 5.10. The molecule has 0 aromatic carbocycles. The van der Waals surface area contributed by atoms with Crippen molar-refractivity contribution in [2.45, 2.75) is 45.3 Å². The topological polar surface area (TPSA) is 38.5 Å². The van der Waals surface area contributed by atoms with E-state index in [0.717, 1.165) is 39.1 Å². The Balaban J connectivity index is 2.24. The number of hydrogen-bond acceptors (Lipinski definition) is 3. The summed E-state index contributed by atoms with van der Waals surface area (Å²) >= 11 is 0. The average molecular weight is 200 g/mol. The van der Waals surface area contributed by atoms with Crippen LogP contribution in [0.15, 0.2) is 0 Å². The summed E-state index contributed by atoms with van der Waals surface area (Å²) in [5.74, 6) is 0. The quantitative estimate of drug-likeness (QED) is 0.741. The lowest BCUT2D eigenvalue weighted by Gasteiger charge is -2.34. The van der Waals surface area contributed by atoms with Crippen molar-refractivity contribution in [2.24, 2.45) is 5.73 Å². The van der Waals surface area contributed by atoms with E-state index in [1.807, 2.05) is 0 Å². The average Bonchev–Trinajstić information content (AvgIpc) is 2.14. The molecule has 1 fully saturated rings. The van der Waals surface area contributed by atoms with Crippen LogP contribution in [0.25, 0.3) is 0 Å². The highest BCUT2D eigenvalue weighted by atomic mass is 16.5. The van der Waals surface area contributed by atoms with Crippen molar-refractivity contribution in [3.8, 4) is 0 Å². The Morgan fingerprint density at radius 3 is 2.79 bits per heavy atom. The Hall–Kier alpha value is -0.120. The fraction of sp³-hybridized carbons (Fsp3) is 1.00. The summed E-state index contributed by atoms with van der Waals surface area (Å²) in [7, 11) is 0. The normalized spacial score (nSPS) is 25.3. The number of nitrogens with two attached hydrogens (primary N) is 1. The van der Waals surface area contributed by atoms with E-state index in [2.05, 4.69) is 25.7 Å². The van der Waals surface area contributed by atoms with E-state index in [9.17, 15) is 0 Å². The summed E-state index contributed by atoms with van der Waals surface area (Å²) < 4.78 is 5.62. The van der Waals surface area contributed by atoms with Gasteiger partial charge in [0.2, 0.25) is 0 Å². The van der Waals surface area contributed by atoms with Gasteiger partial charge in [0.25, 0.3) is 0 Å². The first-order valence-corrected chi connectivity index (χ1v) is 5.64. The summed E-state index contributed by atoms with van der Waals surface area (Å²) in [6.07, 6.45) is 2.61. The van der Waals surface area contributed by atoms with Gasteiger partial charge < -0.3 is 10.5 Å². The zero-order chi connectivity index (χ0) is 10.6. The van der Waals surface area contributed by atoms with Crippen LogP contribution in [0.1, 0.15) is 33.6 Å². The van der Waals surface area contributed by atoms with E-state index in [-0.39, 0.29) is 5.54 Å². The molecule has 0 amide bonds. The van der Waals surface area contributed by atoms with E-state index in [1.54, 1.807) is 0 Å². The van der Waals surface area contributed by atoms with Gasteiger partial charge in [-0.15, -0.1) is 0 Å². The van der Waals surface area contributed by atoms with E-state index < -0.39 is 0 Å². The third kappa shape index (κ3) is 4.40. The minimum atomic E-state index is -0.0417.